The maximum Gasteiger partial charge on any atom is 0.212 e. The van der Waals surface area contributed by atoms with E-state index in [1.54, 1.807) is 12.1 Å². The van der Waals surface area contributed by atoms with Gasteiger partial charge in [0.15, 0.2) is 6.20 Å². The summed E-state index contributed by atoms with van der Waals surface area (Å²) < 4.78 is 35.0. The van der Waals surface area contributed by atoms with Crippen LogP contribution in [0.4, 0.5) is 0 Å². The predicted molar refractivity (Wildman–Crippen MR) is 114 cm³/mol. The maximum absolute atomic E-state index is 9.05. The average molecular weight is 361 g/mol. The van der Waals surface area contributed by atoms with Gasteiger partial charge in [0.1, 0.15) is 7.05 Å². The zero-order chi connectivity index (χ0) is 22.2. The fourth-order valence-electron chi connectivity index (χ4n) is 4.25. The summed E-state index contributed by atoms with van der Waals surface area (Å²) in [5, 5.41) is 0. The minimum Gasteiger partial charge on any atom is -0.201 e. The molecule has 4 rings (SSSR count). The number of nitrogens with zero attached hydrogens (tertiary/aromatic N) is 1. The summed E-state index contributed by atoms with van der Waals surface area (Å²) in [5.41, 5.74) is 6.32. The molecule has 1 heterocycles. The Balaban J connectivity index is 1.84. The standard InChI is InChI=1S/C26H30N/c1-19-10-7-8-13-23(19)24-14-9-15-25(20(24)2)26-18-22(16-17-27(26)3)21-11-5-4-6-12-21/h7-10,13-18,21H,4-6,11-12H2,1-3H3/q+1/i1D3,21D. The molecule has 0 atom stereocenters. The van der Waals surface area contributed by atoms with Gasteiger partial charge >= 0.3 is 0 Å². The Hall–Kier alpha value is -2.41. The SMILES string of the molecule is [2H]C([2H])([2H])c1ccccc1-c1cccc(-c2cc(C3([2H])CCCCC3)cc[n+]2C)c1C. The number of aryl methyl sites for hydroxylation is 2. The Bertz CT molecular complexity index is 1090. The lowest BCUT2D eigenvalue weighted by molar-refractivity contribution is -0.660. The van der Waals surface area contributed by atoms with Crippen molar-refractivity contribution in [1.29, 1.82) is 0 Å². The first-order chi connectivity index (χ1) is 14.7. The molecule has 1 aliphatic carbocycles. The van der Waals surface area contributed by atoms with Crippen LogP contribution >= 0.6 is 0 Å². The molecule has 138 valence electrons. The molecule has 0 saturated heterocycles. The second-order valence-corrected chi connectivity index (χ2v) is 7.60. The second-order valence-electron chi connectivity index (χ2n) is 7.60. The molecule has 27 heavy (non-hydrogen) atoms. The quantitative estimate of drug-likeness (QED) is 0.469. The van der Waals surface area contributed by atoms with E-state index in [2.05, 4.69) is 35.9 Å². The van der Waals surface area contributed by atoms with Crippen LogP contribution in [0.1, 0.15) is 60.2 Å². The average Bonchev–Trinajstić information content (AvgIpc) is 2.74. The van der Waals surface area contributed by atoms with Crippen LogP contribution in [0, 0.1) is 13.8 Å². The lowest BCUT2D eigenvalue weighted by atomic mass is 9.83. The normalized spacial score (nSPS) is 18.9. The van der Waals surface area contributed by atoms with Crippen molar-refractivity contribution in [3.8, 4) is 22.4 Å². The molecule has 0 bridgehead atoms. The van der Waals surface area contributed by atoms with Gasteiger partial charge in [-0.3, -0.25) is 0 Å². The predicted octanol–water partition coefficient (Wildman–Crippen LogP) is 6.51. The van der Waals surface area contributed by atoms with Crippen molar-refractivity contribution in [3.63, 3.8) is 0 Å². The van der Waals surface area contributed by atoms with Crippen LogP contribution < -0.4 is 4.57 Å². The highest BCUT2D eigenvalue weighted by atomic mass is 14.9. The van der Waals surface area contributed by atoms with Crippen molar-refractivity contribution in [3.05, 3.63) is 77.5 Å². The molecule has 0 N–H and O–H groups in total. The third-order valence-corrected chi connectivity index (χ3v) is 5.84. The molecule has 0 aliphatic heterocycles. The molecule has 2 aromatic carbocycles. The third-order valence-electron chi connectivity index (χ3n) is 5.84. The smallest absolute Gasteiger partial charge is 0.201 e. The molecule has 1 fully saturated rings. The van der Waals surface area contributed by atoms with Gasteiger partial charge in [-0.1, -0.05) is 55.7 Å². The summed E-state index contributed by atoms with van der Waals surface area (Å²) in [6.07, 6.45) is 7.31. The van der Waals surface area contributed by atoms with Gasteiger partial charge in [-0.05, 0) is 66.4 Å². The van der Waals surface area contributed by atoms with Crippen molar-refractivity contribution < 1.29 is 10.1 Å². The molecule has 3 aromatic rings. The Morgan fingerprint density at radius 1 is 0.926 bits per heavy atom. The van der Waals surface area contributed by atoms with E-state index in [1.807, 2.05) is 31.3 Å². The van der Waals surface area contributed by atoms with Gasteiger partial charge in [0.05, 0.1) is 0 Å². The van der Waals surface area contributed by atoms with Crippen LogP contribution in [0.25, 0.3) is 22.4 Å². The first kappa shape index (κ1) is 13.7. The summed E-state index contributed by atoms with van der Waals surface area (Å²) >= 11 is 0. The van der Waals surface area contributed by atoms with Crippen molar-refractivity contribution in [2.75, 3.05) is 0 Å². The minimum atomic E-state index is -2.16. The van der Waals surface area contributed by atoms with Crippen molar-refractivity contribution in [2.24, 2.45) is 7.05 Å². The lowest BCUT2D eigenvalue weighted by Crippen LogP contribution is -2.31. The zero-order valence-corrected chi connectivity index (χ0v) is 16.3. The van der Waals surface area contributed by atoms with E-state index >= 15 is 0 Å². The van der Waals surface area contributed by atoms with Crippen LogP contribution in [0.15, 0.2) is 60.8 Å². The van der Waals surface area contributed by atoms with Gasteiger partial charge in [0.25, 0.3) is 0 Å². The second kappa shape index (κ2) is 7.68. The molecule has 1 heteroatoms. The van der Waals surface area contributed by atoms with Crippen molar-refractivity contribution in [2.45, 2.75) is 51.8 Å². The first-order valence-corrected chi connectivity index (χ1v) is 9.91. The molecule has 1 saturated carbocycles. The summed E-state index contributed by atoms with van der Waals surface area (Å²) in [7, 11) is 2.03. The fourth-order valence-corrected chi connectivity index (χ4v) is 4.25. The largest absolute Gasteiger partial charge is 0.212 e. The molecule has 0 amide bonds. The number of aromatic nitrogens is 1. The summed E-state index contributed by atoms with van der Waals surface area (Å²) in [4.78, 5) is 0. The molecule has 0 spiro atoms. The van der Waals surface area contributed by atoms with Gasteiger partial charge in [0.2, 0.25) is 5.69 Å². The summed E-state index contributed by atoms with van der Waals surface area (Å²) in [5.74, 6) is -0.513. The van der Waals surface area contributed by atoms with Crippen LogP contribution in [-0.2, 0) is 7.05 Å². The number of hydrogen-bond donors (Lipinski definition) is 0. The van der Waals surface area contributed by atoms with E-state index in [9.17, 15) is 0 Å². The molecular weight excluding hydrogens is 326 g/mol. The van der Waals surface area contributed by atoms with E-state index in [1.165, 1.54) is 6.42 Å². The van der Waals surface area contributed by atoms with Crippen molar-refractivity contribution in [1.82, 2.24) is 0 Å². The van der Waals surface area contributed by atoms with Crippen molar-refractivity contribution >= 4 is 0 Å². The molecule has 1 aliphatic rings. The van der Waals surface area contributed by atoms with E-state index in [-0.39, 0.29) is 0 Å². The van der Waals surface area contributed by atoms with Gasteiger partial charge in [-0.2, -0.15) is 0 Å². The molecule has 1 nitrogen and oxygen atoms in total. The van der Waals surface area contributed by atoms with E-state index in [4.69, 9.17) is 5.48 Å². The van der Waals surface area contributed by atoms with Crippen LogP contribution in [0.2, 0.25) is 0 Å². The number of hydrogen-bond acceptors (Lipinski definition) is 0. The Kier molecular flexibility index (Phi) is 3.90. The van der Waals surface area contributed by atoms with Gasteiger partial charge in [-0.15, -0.1) is 0 Å². The first-order valence-electron chi connectivity index (χ1n) is 11.9. The van der Waals surface area contributed by atoms with Gasteiger partial charge < -0.3 is 0 Å². The summed E-state index contributed by atoms with van der Waals surface area (Å²) in [6.45, 7) is -0.104. The Morgan fingerprint density at radius 2 is 1.67 bits per heavy atom. The molecule has 0 unspecified atom stereocenters. The molecule has 1 aromatic heterocycles. The highest BCUT2D eigenvalue weighted by molar-refractivity contribution is 5.77. The van der Waals surface area contributed by atoms with E-state index in [0.29, 0.717) is 5.56 Å². The monoisotopic (exact) mass is 360 g/mol. The molecule has 0 radical (unpaired) electrons. The zero-order valence-electron chi connectivity index (χ0n) is 20.3. The van der Waals surface area contributed by atoms with Crippen LogP contribution in [0.5, 0.6) is 0 Å². The highest BCUT2D eigenvalue weighted by Crippen LogP contribution is 2.35. The van der Waals surface area contributed by atoms with E-state index in [0.717, 1.165) is 59.2 Å². The minimum absolute atomic E-state index is 0.376. The lowest BCUT2D eigenvalue weighted by Gasteiger charge is -2.22. The van der Waals surface area contributed by atoms with Gasteiger partial charge in [0, 0.05) is 23.2 Å². The Labute approximate surface area is 169 Å². The van der Waals surface area contributed by atoms with Crippen LogP contribution in [-0.4, -0.2) is 0 Å². The molecular formula is C26H30N+. The summed E-state index contributed by atoms with van der Waals surface area (Å²) in [6, 6.07) is 17.6. The number of pyridine rings is 1. The Morgan fingerprint density at radius 3 is 2.48 bits per heavy atom. The number of rotatable bonds is 3. The third kappa shape index (κ3) is 3.56. The van der Waals surface area contributed by atoms with E-state index < -0.39 is 12.7 Å². The fraction of sp³-hybridized carbons (Fsp3) is 0.346. The van der Waals surface area contributed by atoms with Crippen LogP contribution in [0.3, 0.4) is 0 Å². The number of benzene rings is 2. The topological polar surface area (TPSA) is 3.88 Å². The van der Waals surface area contributed by atoms with Gasteiger partial charge in [-0.25, -0.2) is 4.57 Å². The maximum atomic E-state index is 9.05. The highest BCUT2D eigenvalue weighted by Gasteiger charge is 2.21.